The summed E-state index contributed by atoms with van der Waals surface area (Å²) < 4.78 is 1.26. The lowest BCUT2D eigenvalue weighted by Gasteiger charge is -2.49. The van der Waals surface area contributed by atoms with Crippen LogP contribution in [-0.2, 0) is 26.3 Å². The molecule has 0 spiro atoms. The number of carbonyl (C=O) groups is 3. The zero-order valence-corrected chi connectivity index (χ0v) is 21.2. The van der Waals surface area contributed by atoms with Gasteiger partial charge in [0, 0.05) is 30.4 Å². The first-order chi connectivity index (χ1) is 17.1. The number of hydrogen-bond donors (Lipinski definition) is 3. The number of oxime groups is 1. The van der Waals surface area contributed by atoms with E-state index in [4.69, 9.17) is 10.6 Å². The predicted octanol–water partition coefficient (Wildman–Crippen LogP) is -0.521. The van der Waals surface area contributed by atoms with Gasteiger partial charge in [0.15, 0.2) is 21.8 Å². The Labute approximate surface area is 214 Å². The van der Waals surface area contributed by atoms with Gasteiger partial charge in [0.25, 0.3) is 0 Å². The van der Waals surface area contributed by atoms with Crippen LogP contribution >= 0.6 is 34.9 Å². The molecular weight excluding hydrogens is 534 g/mol. The molecule has 4 rings (SSSR count). The third kappa shape index (κ3) is 4.80. The van der Waals surface area contributed by atoms with Crippen LogP contribution < -0.4 is 16.9 Å². The number of nitrogens with two attached hydrogens (primary N) is 1. The van der Waals surface area contributed by atoms with E-state index in [1.807, 2.05) is 0 Å². The smallest absolute Gasteiger partial charge is 0.352 e. The summed E-state index contributed by atoms with van der Waals surface area (Å²) in [4.78, 5) is 74.6. The number of carboxylic acids is 1. The summed E-state index contributed by atoms with van der Waals surface area (Å²) in [6.45, 7) is 0. The first-order valence-corrected chi connectivity index (χ1v) is 13.1. The Morgan fingerprint density at radius 1 is 1.36 bits per heavy atom. The molecule has 2 atom stereocenters. The van der Waals surface area contributed by atoms with Crippen molar-refractivity contribution in [1.29, 1.82) is 0 Å². The quantitative estimate of drug-likeness (QED) is 0.118. The molecule has 4 heterocycles. The maximum absolute atomic E-state index is 13.0. The molecule has 2 aliphatic rings. The Morgan fingerprint density at radius 2 is 2.11 bits per heavy atom. The predicted molar refractivity (Wildman–Crippen MR) is 132 cm³/mol. The molecule has 2 aliphatic heterocycles. The van der Waals surface area contributed by atoms with Crippen molar-refractivity contribution in [2.45, 2.75) is 17.0 Å². The summed E-state index contributed by atoms with van der Waals surface area (Å²) in [5.74, 6) is -2.59. The number of hydrogen-bond acceptors (Lipinski definition) is 13. The number of carboxylic acid groups (broad SMARTS) is 1. The van der Waals surface area contributed by atoms with Gasteiger partial charge in [0.1, 0.15) is 18.5 Å². The normalized spacial score (nSPS) is 19.7. The maximum atomic E-state index is 13.0. The van der Waals surface area contributed by atoms with Gasteiger partial charge in [0.2, 0.25) is 5.91 Å². The van der Waals surface area contributed by atoms with Gasteiger partial charge in [-0.25, -0.2) is 9.78 Å². The Kier molecular flexibility index (Phi) is 7.32. The molecule has 190 valence electrons. The highest BCUT2D eigenvalue weighted by Crippen LogP contribution is 2.46. The van der Waals surface area contributed by atoms with Crippen LogP contribution in [0, 0.1) is 5.92 Å². The Morgan fingerprint density at radius 3 is 2.75 bits per heavy atom. The van der Waals surface area contributed by atoms with Gasteiger partial charge < -0.3 is 15.7 Å². The average Bonchev–Trinajstić information content (AvgIpc) is 3.27. The number of amides is 1. The highest BCUT2D eigenvalue weighted by Gasteiger charge is 2.54. The summed E-state index contributed by atoms with van der Waals surface area (Å²) in [5.41, 5.74) is 4.28. The van der Waals surface area contributed by atoms with Crippen LogP contribution in [0.5, 0.6) is 0 Å². The van der Waals surface area contributed by atoms with Crippen molar-refractivity contribution in [1.82, 2.24) is 24.6 Å². The molecule has 36 heavy (non-hydrogen) atoms. The summed E-state index contributed by atoms with van der Waals surface area (Å²) >= 11 is 3.52. The number of carbonyl (C=O) groups excluding carboxylic acids is 2. The SMILES string of the molecule is CO/N=C(\C(=O)CC1C(=O)N2C(C(=O)O)=C(CSc3nc(=O)c(=O)[nH]n3C)CSC12)c1csc(N)n1. The number of aromatic amines is 1. The molecule has 0 aromatic carbocycles. The second-order valence-electron chi connectivity index (χ2n) is 7.58. The summed E-state index contributed by atoms with van der Waals surface area (Å²) in [6, 6.07) is 0. The number of thioether (sulfide) groups is 2. The minimum atomic E-state index is -1.28. The van der Waals surface area contributed by atoms with Crippen molar-refractivity contribution in [2.75, 3.05) is 24.3 Å². The van der Waals surface area contributed by atoms with E-state index in [1.54, 1.807) is 5.38 Å². The topological polar surface area (TPSA) is 203 Å². The van der Waals surface area contributed by atoms with Crippen molar-refractivity contribution in [2.24, 2.45) is 18.1 Å². The maximum Gasteiger partial charge on any atom is 0.352 e. The van der Waals surface area contributed by atoms with Crippen LogP contribution in [0.3, 0.4) is 0 Å². The minimum Gasteiger partial charge on any atom is -0.477 e. The van der Waals surface area contributed by atoms with E-state index in [-0.39, 0.29) is 45.3 Å². The molecule has 14 nitrogen and oxygen atoms in total. The van der Waals surface area contributed by atoms with Gasteiger partial charge in [-0.15, -0.1) is 23.1 Å². The lowest BCUT2D eigenvalue weighted by molar-refractivity contribution is -0.153. The molecular formula is C19H19N7O7S3. The van der Waals surface area contributed by atoms with Gasteiger partial charge in [-0.2, -0.15) is 4.98 Å². The molecule has 0 saturated carbocycles. The molecule has 0 bridgehead atoms. The average molecular weight is 554 g/mol. The second kappa shape index (κ2) is 10.3. The highest BCUT2D eigenvalue weighted by molar-refractivity contribution is 8.01. The van der Waals surface area contributed by atoms with E-state index in [0.29, 0.717) is 5.57 Å². The van der Waals surface area contributed by atoms with Gasteiger partial charge in [-0.1, -0.05) is 16.9 Å². The molecule has 1 amide bonds. The van der Waals surface area contributed by atoms with Crippen LogP contribution in [0.15, 0.2) is 36.6 Å². The van der Waals surface area contributed by atoms with E-state index in [2.05, 4.69) is 20.2 Å². The van der Waals surface area contributed by atoms with Crippen molar-refractivity contribution in [3.8, 4) is 0 Å². The number of H-pyrrole nitrogens is 1. The largest absolute Gasteiger partial charge is 0.477 e. The third-order valence-corrected chi connectivity index (χ3v) is 8.49. The van der Waals surface area contributed by atoms with Crippen molar-refractivity contribution >= 4 is 63.4 Å². The summed E-state index contributed by atoms with van der Waals surface area (Å²) in [7, 11) is 2.77. The number of nitrogens with zero attached hydrogens (tertiary/aromatic N) is 5. The number of ketones is 1. The fourth-order valence-electron chi connectivity index (χ4n) is 3.70. The van der Waals surface area contributed by atoms with Crippen LogP contribution in [0.1, 0.15) is 12.1 Å². The zero-order chi connectivity index (χ0) is 26.1. The molecule has 1 saturated heterocycles. The zero-order valence-electron chi connectivity index (χ0n) is 18.8. The molecule has 1 fully saturated rings. The molecule has 2 unspecified atom stereocenters. The van der Waals surface area contributed by atoms with Crippen molar-refractivity contribution < 1.29 is 24.3 Å². The number of fused-ring (bicyclic) bond motifs is 1. The van der Waals surface area contributed by atoms with Crippen LogP contribution in [0.2, 0.25) is 0 Å². The standard InChI is InChI=1S/C19H19N7O7S3/c1-25-19(22-13(28)14(29)23-25)36-5-7-4-34-16-8(15(30)26(16)12(7)17(31)32)3-10(27)11(24-33-2)9-6-35-18(20)21-9/h6,8,16H,3-5H2,1-2H3,(H2,20,21)(H,23,29)(H,31,32)/b24-11-. The number of aliphatic carboxylic acids is 1. The van der Waals surface area contributed by atoms with Crippen molar-refractivity contribution in [3.05, 3.63) is 43.1 Å². The number of thiazole rings is 1. The summed E-state index contributed by atoms with van der Waals surface area (Å²) in [5, 5.41) is 17.4. The number of nitrogen functional groups attached to an aromatic ring is 1. The molecule has 4 N–H and O–H groups in total. The lowest BCUT2D eigenvalue weighted by Crippen LogP contribution is -2.62. The molecule has 2 aromatic rings. The summed E-state index contributed by atoms with van der Waals surface area (Å²) in [6.07, 6.45) is -0.201. The molecule has 0 radical (unpaired) electrons. The number of Topliss-reactive ketones (excluding diaryl/α,β-unsaturated/α-hetero) is 1. The van der Waals surface area contributed by atoms with Crippen molar-refractivity contribution in [3.63, 3.8) is 0 Å². The van der Waals surface area contributed by atoms with Gasteiger partial charge >= 0.3 is 17.1 Å². The Hall–Kier alpha value is -3.44. The fourth-order valence-corrected chi connectivity index (χ4v) is 6.71. The number of aromatic nitrogens is 4. The van der Waals surface area contributed by atoms with E-state index < -0.39 is 40.1 Å². The van der Waals surface area contributed by atoms with Gasteiger partial charge in [-0.3, -0.25) is 33.9 Å². The number of nitrogens with one attached hydrogen (secondary N) is 1. The Bertz CT molecular complexity index is 1430. The van der Waals surface area contributed by atoms with Crippen LogP contribution in [0.25, 0.3) is 0 Å². The third-order valence-electron chi connectivity index (χ3n) is 5.30. The number of rotatable bonds is 9. The Balaban J connectivity index is 1.51. The molecule has 17 heteroatoms. The van der Waals surface area contributed by atoms with Crippen LogP contribution in [0.4, 0.5) is 5.13 Å². The number of anilines is 1. The van der Waals surface area contributed by atoms with E-state index in [9.17, 15) is 29.1 Å². The van der Waals surface area contributed by atoms with Crippen LogP contribution in [-0.4, -0.2) is 77.1 Å². The van der Waals surface area contributed by atoms with Gasteiger partial charge in [-0.05, 0) is 5.57 Å². The van der Waals surface area contributed by atoms with Gasteiger partial charge in [0.05, 0.1) is 11.3 Å². The number of β-lactam (4-membered cyclic amide) rings is 1. The highest BCUT2D eigenvalue weighted by atomic mass is 32.2. The second-order valence-corrected chi connectivity index (χ2v) is 10.5. The van der Waals surface area contributed by atoms with E-state index >= 15 is 0 Å². The first kappa shape index (κ1) is 25.6. The lowest BCUT2D eigenvalue weighted by atomic mass is 9.89. The molecule has 2 aromatic heterocycles. The minimum absolute atomic E-state index is 0.0670. The number of aryl methyl sites for hydroxylation is 1. The van der Waals surface area contributed by atoms with E-state index in [0.717, 1.165) is 23.1 Å². The first-order valence-electron chi connectivity index (χ1n) is 10.2. The molecule has 0 aliphatic carbocycles. The van der Waals surface area contributed by atoms with E-state index in [1.165, 1.54) is 35.5 Å². The monoisotopic (exact) mass is 553 g/mol. The fraction of sp³-hybridized carbons (Fsp3) is 0.368.